The van der Waals surface area contributed by atoms with Crippen LogP contribution >= 0.6 is 0 Å². The van der Waals surface area contributed by atoms with Crippen molar-refractivity contribution in [2.24, 2.45) is 11.8 Å². The minimum absolute atomic E-state index is 0.166. The van der Waals surface area contributed by atoms with Gasteiger partial charge in [0, 0.05) is 5.57 Å². The highest BCUT2D eigenvalue weighted by Crippen LogP contribution is 2.24. The van der Waals surface area contributed by atoms with Crippen LogP contribution in [0.25, 0.3) is 0 Å². The average Bonchev–Trinajstić information content (AvgIpc) is 2.66. The van der Waals surface area contributed by atoms with Crippen LogP contribution in [0.3, 0.4) is 0 Å². The van der Waals surface area contributed by atoms with Crippen molar-refractivity contribution in [2.75, 3.05) is 0 Å². The Hall–Kier alpha value is -2.82. The molecule has 0 spiro atoms. The molecule has 1 N–H and O–H groups in total. The van der Waals surface area contributed by atoms with Gasteiger partial charge in [-0.25, -0.2) is 4.79 Å². The predicted molar refractivity (Wildman–Crippen MR) is 108 cm³/mol. The van der Waals surface area contributed by atoms with Crippen LogP contribution in [0.15, 0.2) is 59.9 Å². The molecule has 0 fully saturated rings. The first kappa shape index (κ1) is 21.5. The van der Waals surface area contributed by atoms with Gasteiger partial charge in [-0.15, -0.1) is 0 Å². The Morgan fingerprint density at radius 3 is 2.25 bits per heavy atom. The topological polar surface area (TPSA) is 72.8 Å². The van der Waals surface area contributed by atoms with E-state index in [4.69, 9.17) is 9.47 Å². The van der Waals surface area contributed by atoms with Gasteiger partial charge in [0.15, 0.2) is 0 Å². The second kappa shape index (κ2) is 10.5. The highest BCUT2D eigenvalue weighted by Gasteiger charge is 2.23. The molecule has 0 aromatic heterocycles. The molecule has 5 nitrogen and oxygen atoms in total. The lowest BCUT2D eigenvalue weighted by Crippen LogP contribution is -2.24. The van der Waals surface area contributed by atoms with Gasteiger partial charge in [-0.3, -0.25) is 4.79 Å². The second-order valence-corrected chi connectivity index (χ2v) is 6.85. The molecular weight excluding hydrogens is 356 g/mol. The minimum atomic E-state index is -0.438. The molecule has 150 valence electrons. The first-order chi connectivity index (χ1) is 13.4. The maximum absolute atomic E-state index is 12.3. The zero-order chi connectivity index (χ0) is 20.5. The maximum Gasteiger partial charge on any atom is 0.339 e. The number of benzene rings is 1. The van der Waals surface area contributed by atoms with Crippen LogP contribution in [0.1, 0.15) is 46.5 Å². The SMILES string of the molecule is CCC(CC)C(C)C(=O)Oc1ccc(OC(=O)/C2=C/CC=C(O)/C=C\C2)cc1. The number of hydrogen-bond acceptors (Lipinski definition) is 5. The van der Waals surface area contributed by atoms with E-state index in [2.05, 4.69) is 13.8 Å². The molecule has 0 saturated heterocycles. The molecule has 1 aliphatic rings. The second-order valence-electron chi connectivity index (χ2n) is 6.85. The summed E-state index contributed by atoms with van der Waals surface area (Å²) in [6, 6.07) is 6.45. The van der Waals surface area contributed by atoms with E-state index < -0.39 is 5.97 Å². The molecule has 0 bridgehead atoms. The number of aliphatic hydroxyl groups excluding tert-OH is 1. The molecule has 1 aliphatic carbocycles. The first-order valence-corrected chi connectivity index (χ1v) is 9.73. The van der Waals surface area contributed by atoms with Crippen molar-refractivity contribution in [1.29, 1.82) is 0 Å². The summed E-state index contributed by atoms with van der Waals surface area (Å²) in [4.78, 5) is 24.6. The van der Waals surface area contributed by atoms with Gasteiger partial charge in [-0.05, 0) is 55.2 Å². The lowest BCUT2D eigenvalue weighted by molar-refractivity contribution is -0.140. The molecule has 5 heteroatoms. The van der Waals surface area contributed by atoms with Gasteiger partial charge in [-0.2, -0.15) is 0 Å². The van der Waals surface area contributed by atoms with Crippen LogP contribution < -0.4 is 9.47 Å². The largest absolute Gasteiger partial charge is 0.508 e. The smallest absolute Gasteiger partial charge is 0.339 e. The molecule has 1 atom stereocenters. The molecule has 0 saturated carbocycles. The van der Waals surface area contributed by atoms with E-state index in [9.17, 15) is 14.7 Å². The third-order valence-corrected chi connectivity index (χ3v) is 4.96. The Bertz CT molecular complexity index is 767. The number of rotatable bonds is 7. The summed E-state index contributed by atoms with van der Waals surface area (Å²) < 4.78 is 10.8. The third-order valence-electron chi connectivity index (χ3n) is 4.96. The Labute approximate surface area is 166 Å². The van der Waals surface area contributed by atoms with Crippen molar-refractivity contribution < 1.29 is 24.2 Å². The molecule has 28 heavy (non-hydrogen) atoms. The lowest BCUT2D eigenvalue weighted by Gasteiger charge is -2.19. The summed E-state index contributed by atoms with van der Waals surface area (Å²) in [6.07, 6.45) is 9.34. The molecule has 2 rings (SSSR count). The molecule has 1 unspecified atom stereocenters. The minimum Gasteiger partial charge on any atom is -0.508 e. The number of allylic oxidation sites excluding steroid dienone is 4. The van der Waals surface area contributed by atoms with Gasteiger partial charge < -0.3 is 14.6 Å². The van der Waals surface area contributed by atoms with Gasteiger partial charge in [0.2, 0.25) is 0 Å². The summed E-state index contributed by atoms with van der Waals surface area (Å²) in [7, 11) is 0. The normalized spacial score (nSPS) is 18.1. The van der Waals surface area contributed by atoms with Crippen LogP contribution in [-0.4, -0.2) is 17.0 Å². The Morgan fingerprint density at radius 2 is 1.64 bits per heavy atom. The third kappa shape index (κ3) is 6.12. The van der Waals surface area contributed by atoms with Gasteiger partial charge >= 0.3 is 11.9 Å². The highest BCUT2D eigenvalue weighted by atomic mass is 16.5. The maximum atomic E-state index is 12.3. The van der Waals surface area contributed by atoms with Crippen molar-refractivity contribution in [2.45, 2.75) is 46.5 Å². The van der Waals surface area contributed by atoms with E-state index in [0.717, 1.165) is 12.8 Å². The summed E-state index contributed by atoms with van der Waals surface area (Å²) in [5.41, 5.74) is 0.523. The molecule has 0 heterocycles. The quantitative estimate of drug-likeness (QED) is 0.511. The van der Waals surface area contributed by atoms with Crippen molar-refractivity contribution in [1.82, 2.24) is 0 Å². The predicted octanol–water partition coefficient (Wildman–Crippen LogP) is 5.29. The Balaban J connectivity index is 1.95. The number of esters is 2. The van der Waals surface area contributed by atoms with Crippen molar-refractivity contribution in [3.63, 3.8) is 0 Å². The van der Waals surface area contributed by atoms with E-state index in [1.807, 2.05) is 6.92 Å². The fourth-order valence-electron chi connectivity index (χ4n) is 3.09. The molecule has 0 amide bonds. The summed E-state index contributed by atoms with van der Waals surface area (Å²) in [6.45, 7) is 6.03. The van der Waals surface area contributed by atoms with Crippen molar-refractivity contribution in [3.05, 3.63) is 59.9 Å². The fourth-order valence-corrected chi connectivity index (χ4v) is 3.09. The Morgan fingerprint density at radius 1 is 1.04 bits per heavy atom. The molecule has 0 aliphatic heterocycles. The zero-order valence-electron chi connectivity index (χ0n) is 16.7. The van der Waals surface area contributed by atoms with Gasteiger partial charge in [0.05, 0.1) is 5.92 Å². The number of hydrogen-bond donors (Lipinski definition) is 1. The number of carbonyl (C=O) groups is 2. The molecule has 1 aromatic carbocycles. The number of ether oxygens (including phenoxy) is 2. The highest BCUT2D eigenvalue weighted by molar-refractivity contribution is 5.90. The molecule has 1 aromatic rings. The Kier molecular flexibility index (Phi) is 8.05. The zero-order valence-corrected chi connectivity index (χ0v) is 16.7. The summed E-state index contributed by atoms with van der Waals surface area (Å²) >= 11 is 0. The van der Waals surface area contributed by atoms with E-state index in [0.29, 0.717) is 35.8 Å². The number of carbonyl (C=O) groups excluding carboxylic acids is 2. The van der Waals surface area contributed by atoms with E-state index in [-0.39, 0.29) is 17.6 Å². The van der Waals surface area contributed by atoms with Crippen LogP contribution in [0.2, 0.25) is 0 Å². The average molecular weight is 384 g/mol. The van der Waals surface area contributed by atoms with Crippen LogP contribution in [0, 0.1) is 11.8 Å². The standard InChI is InChI=1S/C23H28O5/c1-4-17(5-2)16(3)22(25)27-20-12-14-21(15-13-20)28-23(26)18-8-6-10-19(24)11-7-9-18/h6,9-17,24H,4-5,7-8H2,1-3H3/b10-6-,18-9+,19-11?. The van der Waals surface area contributed by atoms with Gasteiger partial charge in [0.1, 0.15) is 17.3 Å². The van der Waals surface area contributed by atoms with Gasteiger partial charge in [0.25, 0.3) is 0 Å². The summed E-state index contributed by atoms with van der Waals surface area (Å²) in [5, 5.41) is 9.45. The van der Waals surface area contributed by atoms with E-state index in [1.165, 1.54) is 0 Å². The van der Waals surface area contributed by atoms with Crippen LogP contribution in [0.5, 0.6) is 11.5 Å². The lowest BCUT2D eigenvalue weighted by atomic mass is 9.89. The van der Waals surface area contributed by atoms with E-state index >= 15 is 0 Å². The van der Waals surface area contributed by atoms with Crippen molar-refractivity contribution in [3.8, 4) is 11.5 Å². The number of aliphatic hydroxyl groups is 1. The molecule has 0 radical (unpaired) electrons. The monoisotopic (exact) mass is 384 g/mol. The molecular formula is C23H28O5. The van der Waals surface area contributed by atoms with Crippen LogP contribution in [0.4, 0.5) is 0 Å². The van der Waals surface area contributed by atoms with Crippen molar-refractivity contribution >= 4 is 11.9 Å². The first-order valence-electron chi connectivity index (χ1n) is 9.73. The van der Waals surface area contributed by atoms with Crippen LogP contribution in [-0.2, 0) is 9.59 Å². The van der Waals surface area contributed by atoms with Gasteiger partial charge in [-0.1, -0.05) is 45.8 Å². The summed E-state index contributed by atoms with van der Waals surface area (Å²) in [5.74, 6) is 0.440. The van der Waals surface area contributed by atoms with E-state index in [1.54, 1.807) is 48.6 Å². The fraction of sp³-hybridized carbons (Fsp3) is 0.391.